The molecule has 2 nitrogen and oxygen atoms in total. The van der Waals surface area contributed by atoms with Gasteiger partial charge in [-0.25, -0.2) is 8.78 Å². The summed E-state index contributed by atoms with van der Waals surface area (Å²) in [7, 11) is 0. The first-order valence-electron chi connectivity index (χ1n) is 6.99. The fourth-order valence-corrected chi connectivity index (χ4v) is 1.99. The molecule has 0 spiro atoms. The average molecular weight is 270 g/mol. The molecule has 0 amide bonds. The number of anilines is 2. The Balaban J connectivity index is 2.23. The summed E-state index contributed by atoms with van der Waals surface area (Å²) in [4.78, 5) is 0. The predicted octanol–water partition coefficient (Wildman–Crippen LogP) is 4.57. The van der Waals surface area contributed by atoms with E-state index in [0.29, 0.717) is 12.2 Å². The van der Waals surface area contributed by atoms with E-state index in [1.165, 1.54) is 25.3 Å². The molecule has 0 aromatic heterocycles. The summed E-state index contributed by atoms with van der Waals surface area (Å²) in [5.74, 6) is -0.557. The van der Waals surface area contributed by atoms with Crippen molar-refractivity contribution < 1.29 is 8.78 Å². The van der Waals surface area contributed by atoms with Gasteiger partial charge in [0.25, 0.3) is 0 Å². The smallest absolute Gasteiger partial charge is 0.151 e. The highest BCUT2D eigenvalue weighted by Crippen LogP contribution is 2.23. The first kappa shape index (κ1) is 15.7. The van der Waals surface area contributed by atoms with Crippen LogP contribution in [-0.4, -0.2) is 6.54 Å². The van der Waals surface area contributed by atoms with Crippen LogP contribution in [0.1, 0.15) is 46.0 Å². The molecule has 0 aliphatic heterocycles. The Morgan fingerprint density at radius 2 is 1.79 bits per heavy atom. The van der Waals surface area contributed by atoms with Crippen molar-refractivity contribution in [2.75, 3.05) is 17.6 Å². The van der Waals surface area contributed by atoms with Gasteiger partial charge in [-0.1, -0.05) is 39.5 Å². The standard InChI is InChI=1S/C15H24F2N2/c1-11(2)7-5-3-4-6-8-19-14-10-12(16)9-13(17)15(14)18/h9-11,19H,3-8,18H2,1-2H3. The van der Waals surface area contributed by atoms with Crippen molar-refractivity contribution in [1.82, 2.24) is 0 Å². The molecule has 0 bridgehead atoms. The Kier molecular flexibility index (Phi) is 6.60. The Labute approximate surface area is 114 Å². The molecule has 19 heavy (non-hydrogen) atoms. The van der Waals surface area contributed by atoms with Crippen molar-refractivity contribution in [2.24, 2.45) is 5.92 Å². The number of hydrogen-bond acceptors (Lipinski definition) is 2. The highest BCUT2D eigenvalue weighted by atomic mass is 19.1. The van der Waals surface area contributed by atoms with Gasteiger partial charge < -0.3 is 11.1 Å². The number of nitrogens with two attached hydrogens (primary N) is 1. The van der Waals surface area contributed by atoms with Crippen molar-refractivity contribution >= 4 is 11.4 Å². The van der Waals surface area contributed by atoms with Crippen LogP contribution >= 0.6 is 0 Å². The normalized spacial score (nSPS) is 11.0. The molecule has 0 fully saturated rings. The summed E-state index contributed by atoms with van der Waals surface area (Å²) >= 11 is 0. The third kappa shape index (κ3) is 5.90. The molecule has 108 valence electrons. The number of halogens is 2. The molecule has 0 unspecified atom stereocenters. The van der Waals surface area contributed by atoms with Crippen LogP contribution in [0.4, 0.5) is 20.2 Å². The van der Waals surface area contributed by atoms with Gasteiger partial charge in [-0.05, 0) is 18.4 Å². The van der Waals surface area contributed by atoms with Crippen molar-refractivity contribution in [3.63, 3.8) is 0 Å². The number of unbranched alkanes of at least 4 members (excludes halogenated alkanes) is 3. The molecule has 1 aromatic rings. The quantitative estimate of drug-likeness (QED) is 0.536. The summed E-state index contributed by atoms with van der Waals surface area (Å²) in [6.07, 6.45) is 5.81. The SMILES string of the molecule is CC(C)CCCCCCNc1cc(F)cc(F)c1N. The molecule has 0 radical (unpaired) electrons. The molecule has 3 N–H and O–H groups in total. The maximum atomic E-state index is 13.2. The van der Waals surface area contributed by atoms with Gasteiger partial charge in [0.15, 0.2) is 5.82 Å². The van der Waals surface area contributed by atoms with Crippen LogP contribution in [-0.2, 0) is 0 Å². The van der Waals surface area contributed by atoms with Crippen LogP contribution in [0.25, 0.3) is 0 Å². The van der Waals surface area contributed by atoms with Gasteiger partial charge >= 0.3 is 0 Å². The highest BCUT2D eigenvalue weighted by molar-refractivity contribution is 5.66. The van der Waals surface area contributed by atoms with Gasteiger partial charge in [-0.3, -0.25) is 0 Å². The third-order valence-corrected chi connectivity index (χ3v) is 3.12. The van der Waals surface area contributed by atoms with Gasteiger partial charge in [0.1, 0.15) is 5.82 Å². The Hall–Kier alpha value is -1.32. The zero-order chi connectivity index (χ0) is 14.3. The topological polar surface area (TPSA) is 38.0 Å². The monoisotopic (exact) mass is 270 g/mol. The molecular weight excluding hydrogens is 246 g/mol. The third-order valence-electron chi connectivity index (χ3n) is 3.12. The molecular formula is C15H24F2N2. The van der Waals surface area contributed by atoms with E-state index in [1.54, 1.807) is 0 Å². The summed E-state index contributed by atoms with van der Waals surface area (Å²) in [6.45, 7) is 5.14. The van der Waals surface area contributed by atoms with Gasteiger partial charge in [0, 0.05) is 12.6 Å². The number of nitrogens with one attached hydrogen (secondary N) is 1. The van der Waals surface area contributed by atoms with E-state index in [1.807, 2.05) is 0 Å². The number of nitrogen functional groups attached to an aromatic ring is 1. The van der Waals surface area contributed by atoms with Crippen LogP contribution in [0.5, 0.6) is 0 Å². The lowest BCUT2D eigenvalue weighted by Crippen LogP contribution is -2.06. The van der Waals surface area contributed by atoms with Crippen LogP contribution in [0.2, 0.25) is 0 Å². The van der Waals surface area contributed by atoms with E-state index < -0.39 is 11.6 Å². The number of rotatable bonds is 8. The molecule has 0 saturated heterocycles. The minimum absolute atomic E-state index is 0.0128. The van der Waals surface area contributed by atoms with Crippen LogP contribution < -0.4 is 11.1 Å². The summed E-state index contributed by atoms with van der Waals surface area (Å²) in [5, 5.41) is 2.99. The molecule has 0 saturated carbocycles. The Bertz CT molecular complexity index is 392. The molecule has 1 aromatic carbocycles. The molecule has 4 heteroatoms. The minimum atomic E-state index is -0.709. The van der Waals surface area contributed by atoms with Gasteiger partial charge in [-0.2, -0.15) is 0 Å². The fraction of sp³-hybridized carbons (Fsp3) is 0.600. The lowest BCUT2D eigenvalue weighted by atomic mass is 10.0. The average Bonchev–Trinajstić information content (AvgIpc) is 2.33. The van der Waals surface area contributed by atoms with Crippen molar-refractivity contribution in [2.45, 2.75) is 46.0 Å². The van der Waals surface area contributed by atoms with Gasteiger partial charge in [0.2, 0.25) is 0 Å². The van der Waals surface area contributed by atoms with E-state index in [0.717, 1.165) is 24.8 Å². The predicted molar refractivity (Wildman–Crippen MR) is 77.2 cm³/mol. The maximum Gasteiger partial charge on any atom is 0.151 e. The number of benzene rings is 1. The molecule has 0 atom stereocenters. The first-order valence-corrected chi connectivity index (χ1v) is 6.99. The zero-order valence-corrected chi connectivity index (χ0v) is 11.8. The number of hydrogen-bond donors (Lipinski definition) is 2. The zero-order valence-electron chi connectivity index (χ0n) is 11.8. The van der Waals surface area contributed by atoms with Crippen LogP contribution in [0.15, 0.2) is 12.1 Å². The molecule has 0 heterocycles. The largest absolute Gasteiger partial charge is 0.395 e. The van der Waals surface area contributed by atoms with Crippen molar-refractivity contribution in [1.29, 1.82) is 0 Å². The van der Waals surface area contributed by atoms with Crippen LogP contribution in [0, 0.1) is 17.6 Å². The van der Waals surface area contributed by atoms with E-state index in [-0.39, 0.29) is 5.69 Å². The fourth-order valence-electron chi connectivity index (χ4n) is 1.99. The lowest BCUT2D eigenvalue weighted by molar-refractivity contribution is 0.523. The van der Waals surface area contributed by atoms with Gasteiger partial charge in [0.05, 0.1) is 11.4 Å². The summed E-state index contributed by atoms with van der Waals surface area (Å²) in [6, 6.07) is 2.03. The van der Waals surface area contributed by atoms with Crippen LogP contribution in [0.3, 0.4) is 0 Å². The second-order valence-corrected chi connectivity index (χ2v) is 5.37. The van der Waals surface area contributed by atoms with E-state index in [9.17, 15) is 8.78 Å². The van der Waals surface area contributed by atoms with E-state index in [2.05, 4.69) is 19.2 Å². The van der Waals surface area contributed by atoms with Crippen molar-refractivity contribution in [3.05, 3.63) is 23.8 Å². The van der Waals surface area contributed by atoms with E-state index >= 15 is 0 Å². The maximum absolute atomic E-state index is 13.2. The lowest BCUT2D eigenvalue weighted by Gasteiger charge is -2.10. The summed E-state index contributed by atoms with van der Waals surface area (Å²) in [5.41, 5.74) is 5.88. The van der Waals surface area contributed by atoms with Crippen molar-refractivity contribution in [3.8, 4) is 0 Å². The Morgan fingerprint density at radius 1 is 1.11 bits per heavy atom. The minimum Gasteiger partial charge on any atom is -0.395 e. The molecule has 1 rings (SSSR count). The highest BCUT2D eigenvalue weighted by Gasteiger charge is 2.07. The first-order chi connectivity index (χ1) is 9.00. The molecule has 0 aliphatic carbocycles. The second-order valence-electron chi connectivity index (χ2n) is 5.37. The van der Waals surface area contributed by atoms with Gasteiger partial charge in [-0.15, -0.1) is 0 Å². The second kappa shape index (κ2) is 7.97. The van der Waals surface area contributed by atoms with E-state index in [4.69, 9.17) is 5.73 Å². The summed E-state index contributed by atoms with van der Waals surface area (Å²) < 4.78 is 26.2. The molecule has 0 aliphatic rings. The Morgan fingerprint density at radius 3 is 2.47 bits per heavy atom.